The summed E-state index contributed by atoms with van der Waals surface area (Å²) in [5.41, 5.74) is 2.90. The van der Waals surface area contributed by atoms with Crippen molar-refractivity contribution in [2.24, 2.45) is 0 Å². The maximum Gasteiger partial charge on any atom is 0.346 e. The molecule has 0 fully saturated rings. The van der Waals surface area contributed by atoms with Crippen molar-refractivity contribution in [1.29, 1.82) is 5.26 Å². The number of benzene rings is 2. The van der Waals surface area contributed by atoms with Crippen LogP contribution in [0.2, 0.25) is 0 Å². The smallest absolute Gasteiger partial charge is 0.346 e. The second kappa shape index (κ2) is 9.22. The fourth-order valence-corrected chi connectivity index (χ4v) is 5.04. The zero-order chi connectivity index (χ0) is 20.1. The molecule has 144 valence electrons. The number of rotatable bonds is 7. The Morgan fingerprint density at radius 2 is 2.04 bits per heavy atom. The van der Waals surface area contributed by atoms with Gasteiger partial charge in [-0.05, 0) is 48.1 Å². The van der Waals surface area contributed by atoms with Crippen LogP contribution in [-0.2, 0) is 4.79 Å². The molecule has 1 N–H and O–H groups in total. The van der Waals surface area contributed by atoms with Gasteiger partial charge in [-0.1, -0.05) is 44.2 Å². The molecule has 0 aliphatic carbocycles. The van der Waals surface area contributed by atoms with Crippen LogP contribution in [0.4, 0.5) is 11.4 Å². The zero-order valence-electron chi connectivity index (χ0n) is 15.9. The second-order valence-electron chi connectivity index (χ2n) is 6.34. The number of fused-ring (bicyclic) bond motifs is 2. The summed E-state index contributed by atoms with van der Waals surface area (Å²) in [7, 11) is 0. The molecule has 2 aromatic rings. The lowest BCUT2D eigenvalue weighted by molar-refractivity contribution is -0.132. The Labute approximate surface area is 174 Å². The van der Waals surface area contributed by atoms with Gasteiger partial charge in [-0.15, -0.1) is 11.8 Å². The molecular weight excluding hydrogens is 388 g/mol. The molecule has 28 heavy (non-hydrogen) atoms. The number of nitrogens with zero attached hydrogens (tertiary/aromatic N) is 2. The Morgan fingerprint density at radius 1 is 1.25 bits per heavy atom. The molecular formula is C22H22N2O2S2. The average molecular weight is 411 g/mol. The quantitative estimate of drug-likeness (QED) is 0.333. The molecule has 1 aliphatic rings. The first-order chi connectivity index (χ1) is 13.6. The van der Waals surface area contributed by atoms with Crippen molar-refractivity contribution in [2.45, 2.75) is 41.4 Å². The van der Waals surface area contributed by atoms with Crippen LogP contribution >= 0.6 is 23.5 Å². The number of aliphatic carboxylic acids is 1. The van der Waals surface area contributed by atoms with Gasteiger partial charge in [0.15, 0.2) is 0 Å². The molecule has 3 rings (SSSR count). The van der Waals surface area contributed by atoms with E-state index in [1.165, 1.54) is 16.7 Å². The van der Waals surface area contributed by atoms with E-state index in [9.17, 15) is 9.90 Å². The third kappa shape index (κ3) is 4.21. The van der Waals surface area contributed by atoms with Crippen LogP contribution in [0.3, 0.4) is 0 Å². The summed E-state index contributed by atoms with van der Waals surface area (Å²) in [5.74, 6) is -0.331. The molecule has 1 heterocycles. The monoisotopic (exact) mass is 410 g/mol. The van der Waals surface area contributed by atoms with Gasteiger partial charge >= 0.3 is 5.97 Å². The number of carboxylic acids is 1. The molecule has 0 amide bonds. The zero-order valence-corrected chi connectivity index (χ0v) is 17.6. The van der Waals surface area contributed by atoms with Crippen molar-refractivity contribution in [3.8, 4) is 6.07 Å². The standard InChI is InChI=1S/C22H22N2O2S2/c1-3-5-10-24-17-8-6-7-9-19(17)28-21-12-15(11-16(14-23)22(25)26)20(27-4-2)13-18(21)24/h6-9,11-13H,3-5,10H2,1-2H3,(H,25,26)/b16-11+. The molecule has 0 bridgehead atoms. The van der Waals surface area contributed by atoms with Crippen molar-refractivity contribution < 1.29 is 9.90 Å². The van der Waals surface area contributed by atoms with Gasteiger partial charge in [0.25, 0.3) is 0 Å². The van der Waals surface area contributed by atoms with Crippen LogP contribution < -0.4 is 4.90 Å². The van der Waals surface area contributed by atoms with E-state index in [1.54, 1.807) is 29.6 Å². The second-order valence-corrected chi connectivity index (χ2v) is 8.73. The molecule has 0 saturated carbocycles. The number of carbonyl (C=O) groups is 1. The highest BCUT2D eigenvalue weighted by Gasteiger charge is 2.24. The number of thioether (sulfide) groups is 1. The maximum absolute atomic E-state index is 11.3. The van der Waals surface area contributed by atoms with Gasteiger partial charge in [-0.25, -0.2) is 4.79 Å². The van der Waals surface area contributed by atoms with Crippen molar-refractivity contribution in [3.63, 3.8) is 0 Å². The number of anilines is 2. The highest BCUT2D eigenvalue weighted by molar-refractivity contribution is 8.00. The molecule has 0 aromatic heterocycles. The number of hydrogen-bond donors (Lipinski definition) is 1. The molecule has 0 unspecified atom stereocenters. The highest BCUT2D eigenvalue weighted by Crippen LogP contribution is 2.50. The minimum Gasteiger partial charge on any atom is -0.477 e. The summed E-state index contributed by atoms with van der Waals surface area (Å²) in [6.45, 7) is 5.19. The van der Waals surface area contributed by atoms with Crippen molar-refractivity contribution >= 4 is 46.9 Å². The highest BCUT2D eigenvalue weighted by atomic mass is 32.2. The molecule has 0 radical (unpaired) electrons. The van der Waals surface area contributed by atoms with E-state index in [2.05, 4.69) is 43.0 Å². The maximum atomic E-state index is 11.3. The van der Waals surface area contributed by atoms with Crippen LogP contribution in [0.25, 0.3) is 6.08 Å². The first kappa shape index (κ1) is 20.4. The van der Waals surface area contributed by atoms with Crippen LogP contribution in [0.15, 0.2) is 56.7 Å². The average Bonchev–Trinajstić information content (AvgIpc) is 2.69. The van der Waals surface area contributed by atoms with Crippen molar-refractivity contribution in [3.05, 3.63) is 47.5 Å². The molecule has 6 heteroatoms. The van der Waals surface area contributed by atoms with Crippen LogP contribution in [0.1, 0.15) is 32.3 Å². The summed E-state index contributed by atoms with van der Waals surface area (Å²) < 4.78 is 0. The lowest BCUT2D eigenvalue weighted by Crippen LogP contribution is -2.22. The van der Waals surface area contributed by atoms with E-state index in [4.69, 9.17) is 5.26 Å². The van der Waals surface area contributed by atoms with E-state index in [-0.39, 0.29) is 5.57 Å². The molecule has 0 spiro atoms. The molecule has 0 saturated heterocycles. The predicted octanol–water partition coefficient (Wildman–Crippen LogP) is 6.19. The Morgan fingerprint density at radius 3 is 2.71 bits per heavy atom. The Balaban J connectivity index is 2.15. The van der Waals surface area contributed by atoms with Crippen LogP contribution in [0.5, 0.6) is 0 Å². The predicted molar refractivity (Wildman–Crippen MR) is 117 cm³/mol. The Kier molecular flexibility index (Phi) is 6.71. The lowest BCUT2D eigenvalue weighted by atomic mass is 10.1. The Bertz CT molecular complexity index is 963. The van der Waals surface area contributed by atoms with Gasteiger partial charge in [0.2, 0.25) is 0 Å². The molecule has 4 nitrogen and oxygen atoms in total. The minimum atomic E-state index is -1.20. The van der Waals surface area contributed by atoms with Crippen molar-refractivity contribution in [2.75, 3.05) is 17.2 Å². The summed E-state index contributed by atoms with van der Waals surface area (Å²) in [5, 5.41) is 18.4. The topological polar surface area (TPSA) is 64.3 Å². The SMILES string of the molecule is CCCCN1c2ccccc2Sc2cc(/C=C(\C#N)C(=O)O)c(SCC)cc21. The lowest BCUT2D eigenvalue weighted by Gasteiger charge is -2.33. The van der Waals surface area contributed by atoms with E-state index in [0.29, 0.717) is 0 Å². The number of hydrogen-bond acceptors (Lipinski definition) is 5. The summed E-state index contributed by atoms with van der Waals surface area (Å²) in [6, 6.07) is 14.3. The van der Waals surface area contributed by atoms with Gasteiger partial charge in [-0.3, -0.25) is 0 Å². The first-order valence-electron chi connectivity index (χ1n) is 9.29. The number of nitriles is 1. The van der Waals surface area contributed by atoms with Gasteiger partial charge in [-0.2, -0.15) is 5.26 Å². The fraction of sp³-hybridized carbons (Fsp3) is 0.273. The normalized spacial score (nSPS) is 12.9. The molecule has 1 aliphatic heterocycles. The van der Waals surface area contributed by atoms with Crippen molar-refractivity contribution in [1.82, 2.24) is 0 Å². The first-order valence-corrected chi connectivity index (χ1v) is 11.1. The number of para-hydroxylation sites is 1. The number of unbranched alkanes of at least 4 members (excludes halogenated alkanes) is 1. The van der Waals surface area contributed by atoms with Gasteiger partial charge in [0, 0.05) is 21.2 Å². The minimum absolute atomic E-state index is 0.248. The van der Waals surface area contributed by atoms with Crippen LogP contribution in [-0.4, -0.2) is 23.4 Å². The summed E-state index contributed by atoms with van der Waals surface area (Å²) in [4.78, 5) is 17.0. The van der Waals surface area contributed by atoms with Gasteiger partial charge < -0.3 is 10.0 Å². The number of carboxylic acid groups (broad SMARTS) is 1. The van der Waals surface area contributed by atoms with E-state index in [0.717, 1.165) is 46.2 Å². The van der Waals surface area contributed by atoms with E-state index in [1.807, 2.05) is 12.1 Å². The molecule has 0 atom stereocenters. The van der Waals surface area contributed by atoms with Gasteiger partial charge in [0.1, 0.15) is 11.6 Å². The molecule has 2 aromatic carbocycles. The van der Waals surface area contributed by atoms with Crippen LogP contribution in [0, 0.1) is 11.3 Å². The van der Waals surface area contributed by atoms with E-state index >= 15 is 0 Å². The summed E-state index contributed by atoms with van der Waals surface area (Å²) >= 11 is 3.36. The van der Waals surface area contributed by atoms with Gasteiger partial charge in [0.05, 0.1) is 11.4 Å². The summed E-state index contributed by atoms with van der Waals surface area (Å²) in [6.07, 6.45) is 3.69. The third-order valence-corrected chi connectivity index (χ3v) is 6.51. The third-order valence-electron chi connectivity index (χ3n) is 4.44. The van der Waals surface area contributed by atoms with E-state index < -0.39 is 5.97 Å². The fourth-order valence-electron chi connectivity index (χ4n) is 3.12. The largest absolute Gasteiger partial charge is 0.477 e. The Hall–Kier alpha value is -2.36.